The summed E-state index contributed by atoms with van der Waals surface area (Å²) in [6, 6.07) is 7.99. The largest absolute Gasteiger partial charge is 0.404 e. The van der Waals surface area contributed by atoms with E-state index in [2.05, 4.69) is 0 Å². The van der Waals surface area contributed by atoms with Crippen molar-refractivity contribution in [3.8, 4) is 0 Å². The Kier molecular flexibility index (Phi) is 2.70. The molecule has 3 unspecified atom stereocenters. The molecular formula is C14H14F3N. The summed E-state index contributed by atoms with van der Waals surface area (Å²) in [6.07, 6.45) is 0.107. The van der Waals surface area contributed by atoms with Crippen LogP contribution in [0.3, 0.4) is 0 Å². The highest BCUT2D eigenvalue weighted by Crippen LogP contribution is 2.45. The number of alkyl halides is 3. The lowest BCUT2D eigenvalue weighted by molar-refractivity contribution is -0.186. The maximum Gasteiger partial charge on any atom is 0.404 e. The Balaban J connectivity index is 1.84. The highest BCUT2D eigenvalue weighted by molar-refractivity contribution is 5.21. The summed E-state index contributed by atoms with van der Waals surface area (Å²) in [5.74, 6) is -0.362. The molecule has 4 heteroatoms. The van der Waals surface area contributed by atoms with Gasteiger partial charge in [-0.15, -0.1) is 0 Å². The van der Waals surface area contributed by atoms with Crippen LogP contribution in [0, 0.1) is 5.92 Å². The van der Waals surface area contributed by atoms with Gasteiger partial charge in [0.2, 0.25) is 0 Å². The molecule has 0 radical (unpaired) electrons. The van der Waals surface area contributed by atoms with Crippen molar-refractivity contribution in [2.45, 2.75) is 31.2 Å². The van der Waals surface area contributed by atoms with Crippen molar-refractivity contribution in [2.24, 2.45) is 5.92 Å². The predicted molar refractivity (Wildman–Crippen MR) is 62.9 cm³/mol. The summed E-state index contributed by atoms with van der Waals surface area (Å²) >= 11 is 0. The SMILES string of the molecule is FC(F)(F)C1C2C=CC(C2)N1Cc1ccccc1. The minimum atomic E-state index is -4.14. The molecule has 0 saturated carbocycles. The molecular weight excluding hydrogens is 239 g/mol. The van der Waals surface area contributed by atoms with Crippen molar-refractivity contribution < 1.29 is 13.2 Å². The smallest absolute Gasteiger partial charge is 0.281 e. The molecule has 18 heavy (non-hydrogen) atoms. The van der Waals surface area contributed by atoms with E-state index in [1.807, 2.05) is 36.4 Å². The van der Waals surface area contributed by atoms with Crippen LogP contribution in [-0.2, 0) is 6.54 Å². The Morgan fingerprint density at radius 3 is 2.50 bits per heavy atom. The lowest BCUT2D eigenvalue weighted by Gasteiger charge is -2.33. The van der Waals surface area contributed by atoms with E-state index in [0.717, 1.165) is 5.56 Å². The Labute approximate surface area is 104 Å². The Bertz CT molecular complexity index is 452. The van der Waals surface area contributed by atoms with E-state index < -0.39 is 12.2 Å². The minimum absolute atomic E-state index is 0.0539. The van der Waals surface area contributed by atoms with E-state index >= 15 is 0 Å². The molecule has 3 atom stereocenters. The molecule has 1 heterocycles. The Hall–Kier alpha value is -1.29. The number of nitrogens with zero attached hydrogens (tertiary/aromatic N) is 1. The first-order valence-corrected chi connectivity index (χ1v) is 6.10. The molecule has 2 aliphatic rings. The second-order valence-electron chi connectivity index (χ2n) is 5.00. The van der Waals surface area contributed by atoms with Crippen LogP contribution in [0.2, 0.25) is 0 Å². The third-order valence-electron chi connectivity index (χ3n) is 3.83. The van der Waals surface area contributed by atoms with Gasteiger partial charge >= 0.3 is 6.18 Å². The van der Waals surface area contributed by atoms with Gasteiger partial charge in [0.1, 0.15) is 6.04 Å². The first kappa shape index (κ1) is 11.8. The zero-order chi connectivity index (χ0) is 12.8. The molecule has 1 aliphatic carbocycles. The predicted octanol–water partition coefficient (Wildman–Crippen LogP) is 3.38. The summed E-state index contributed by atoms with van der Waals surface area (Å²) in [5, 5.41) is 0. The lowest BCUT2D eigenvalue weighted by Crippen LogP contribution is -2.47. The number of likely N-dealkylation sites (tertiary alicyclic amines) is 1. The van der Waals surface area contributed by atoms with E-state index in [9.17, 15) is 13.2 Å². The van der Waals surface area contributed by atoms with E-state index in [1.165, 1.54) is 0 Å². The highest BCUT2D eigenvalue weighted by atomic mass is 19.4. The van der Waals surface area contributed by atoms with Gasteiger partial charge in [0, 0.05) is 18.5 Å². The first-order chi connectivity index (χ1) is 8.55. The molecule has 1 aromatic rings. The van der Waals surface area contributed by atoms with Crippen molar-refractivity contribution in [1.82, 2.24) is 4.90 Å². The molecule has 0 amide bonds. The van der Waals surface area contributed by atoms with Crippen LogP contribution in [-0.4, -0.2) is 23.2 Å². The molecule has 0 spiro atoms. The topological polar surface area (TPSA) is 3.24 Å². The van der Waals surface area contributed by atoms with Crippen molar-refractivity contribution >= 4 is 0 Å². The van der Waals surface area contributed by atoms with E-state index in [0.29, 0.717) is 13.0 Å². The fraction of sp³-hybridized carbons (Fsp3) is 0.429. The lowest BCUT2D eigenvalue weighted by atomic mass is 10.0. The average molecular weight is 253 g/mol. The van der Waals surface area contributed by atoms with Crippen LogP contribution in [0.5, 0.6) is 0 Å². The summed E-state index contributed by atoms with van der Waals surface area (Å²) in [5.41, 5.74) is 0.938. The third kappa shape index (κ3) is 1.94. The fourth-order valence-electron chi connectivity index (χ4n) is 3.08. The number of hydrogen-bond acceptors (Lipinski definition) is 1. The molecule has 1 aromatic carbocycles. The quantitative estimate of drug-likeness (QED) is 0.730. The van der Waals surface area contributed by atoms with E-state index in [4.69, 9.17) is 0 Å². The van der Waals surface area contributed by atoms with Crippen LogP contribution < -0.4 is 0 Å². The Morgan fingerprint density at radius 2 is 1.83 bits per heavy atom. The van der Waals surface area contributed by atoms with Gasteiger partial charge in [-0.1, -0.05) is 42.5 Å². The first-order valence-electron chi connectivity index (χ1n) is 6.10. The maximum absolute atomic E-state index is 13.1. The molecule has 2 bridgehead atoms. The summed E-state index contributed by atoms with van der Waals surface area (Å²) in [6.45, 7) is 0.372. The van der Waals surface area contributed by atoms with E-state index in [1.54, 1.807) is 11.0 Å². The van der Waals surface area contributed by atoms with Gasteiger partial charge in [0.15, 0.2) is 0 Å². The number of fused-ring (bicyclic) bond motifs is 2. The molecule has 1 saturated heterocycles. The van der Waals surface area contributed by atoms with Gasteiger partial charge in [0.05, 0.1) is 0 Å². The molecule has 3 rings (SSSR count). The van der Waals surface area contributed by atoms with Crippen LogP contribution in [0.4, 0.5) is 13.2 Å². The van der Waals surface area contributed by atoms with Crippen molar-refractivity contribution in [1.29, 1.82) is 0 Å². The van der Waals surface area contributed by atoms with Gasteiger partial charge in [-0.3, -0.25) is 4.90 Å². The zero-order valence-corrected chi connectivity index (χ0v) is 9.77. The molecule has 96 valence electrons. The molecule has 1 nitrogen and oxygen atoms in total. The minimum Gasteiger partial charge on any atom is -0.281 e. The molecule has 1 aliphatic heterocycles. The van der Waals surface area contributed by atoms with Gasteiger partial charge < -0.3 is 0 Å². The second-order valence-corrected chi connectivity index (χ2v) is 5.00. The third-order valence-corrected chi connectivity index (χ3v) is 3.83. The van der Waals surface area contributed by atoms with Crippen LogP contribution >= 0.6 is 0 Å². The van der Waals surface area contributed by atoms with E-state index in [-0.39, 0.29) is 12.0 Å². The number of halogens is 3. The standard InChI is InChI=1S/C14H14F3N/c15-14(16,17)13-11-6-7-12(8-11)18(13)9-10-4-2-1-3-5-10/h1-7,11-13H,8-9H2. The number of hydrogen-bond donors (Lipinski definition) is 0. The molecule has 1 fully saturated rings. The van der Waals surface area contributed by atoms with Gasteiger partial charge in [-0.2, -0.15) is 13.2 Å². The van der Waals surface area contributed by atoms with Crippen molar-refractivity contribution in [3.05, 3.63) is 48.0 Å². The average Bonchev–Trinajstić information content (AvgIpc) is 2.89. The van der Waals surface area contributed by atoms with Gasteiger partial charge in [-0.25, -0.2) is 0 Å². The summed E-state index contributed by atoms with van der Waals surface area (Å²) < 4.78 is 39.3. The summed E-state index contributed by atoms with van der Waals surface area (Å²) in [4.78, 5) is 1.58. The van der Waals surface area contributed by atoms with Gasteiger partial charge in [0.25, 0.3) is 0 Å². The maximum atomic E-state index is 13.1. The van der Waals surface area contributed by atoms with Crippen LogP contribution in [0.25, 0.3) is 0 Å². The zero-order valence-electron chi connectivity index (χ0n) is 9.77. The highest BCUT2D eigenvalue weighted by Gasteiger charge is 2.55. The number of benzene rings is 1. The van der Waals surface area contributed by atoms with Crippen molar-refractivity contribution in [3.63, 3.8) is 0 Å². The fourth-order valence-corrected chi connectivity index (χ4v) is 3.08. The Morgan fingerprint density at radius 1 is 1.11 bits per heavy atom. The van der Waals surface area contributed by atoms with Crippen molar-refractivity contribution in [2.75, 3.05) is 0 Å². The second kappa shape index (κ2) is 4.12. The molecule has 0 aromatic heterocycles. The number of rotatable bonds is 2. The van der Waals surface area contributed by atoms with Crippen LogP contribution in [0.15, 0.2) is 42.5 Å². The van der Waals surface area contributed by atoms with Gasteiger partial charge in [-0.05, 0) is 12.0 Å². The summed E-state index contributed by atoms with van der Waals surface area (Å²) in [7, 11) is 0. The van der Waals surface area contributed by atoms with Crippen LogP contribution in [0.1, 0.15) is 12.0 Å². The molecule has 0 N–H and O–H groups in total. The normalized spacial score (nSPS) is 31.2. The monoisotopic (exact) mass is 253 g/mol.